The number of hydrogen-bond acceptors (Lipinski definition) is 5. The van der Waals surface area contributed by atoms with Crippen molar-refractivity contribution in [3.8, 4) is 11.5 Å². The van der Waals surface area contributed by atoms with Crippen LogP contribution in [0.25, 0.3) is 0 Å². The van der Waals surface area contributed by atoms with Crippen molar-refractivity contribution in [1.29, 1.82) is 0 Å². The quantitative estimate of drug-likeness (QED) is 0.697. The Morgan fingerprint density at radius 2 is 1.52 bits per heavy atom. The summed E-state index contributed by atoms with van der Waals surface area (Å²) in [6.45, 7) is 5.75. The summed E-state index contributed by atoms with van der Waals surface area (Å²) in [4.78, 5) is 12.1. The van der Waals surface area contributed by atoms with Crippen LogP contribution in [0, 0.1) is 0 Å². The van der Waals surface area contributed by atoms with Crippen LogP contribution >= 0.6 is 0 Å². The van der Waals surface area contributed by atoms with Gasteiger partial charge in [-0.25, -0.2) is 0 Å². The van der Waals surface area contributed by atoms with Gasteiger partial charge in [0.1, 0.15) is 11.5 Å². The molecule has 3 rings (SSSR count). The fourth-order valence-corrected chi connectivity index (χ4v) is 2.30. The van der Waals surface area contributed by atoms with Crippen molar-refractivity contribution in [2.24, 2.45) is 0 Å². The first kappa shape index (κ1) is 18.4. The monoisotopic (exact) mass is 362 g/mol. The number of ether oxygens (including phenoxy) is 1. The second-order valence-corrected chi connectivity index (χ2v) is 7.07. The molecule has 6 heteroatoms. The largest absolute Gasteiger partial charge is 0.457 e. The van der Waals surface area contributed by atoms with Crippen LogP contribution in [0.3, 0.4) is 0 Å². The molecule has 138 valence electrons. The summed E-state index contributed by atoms with van der Waals surface area (Å²) >= 11 is 0. The molecule has 0 saturated heterocycles. The smallest absolute Gasteiger partial charge is 0.272 e. The zero-order chi connectivity index (χ0) is 19.3. The number of aromatic nitrogens is 2. The van der Waals surface area contributed by atoms with E-state index in [4.69, 9.17) is 4.74 Å². The minimum absolute atomic E-state index is 0.246. The average molecular weight is 362 g/mol. The SMILES string of the molecule is CC(C)(C)NC(=O)c1ccc(Nc2ccc(Oc3ccccc3)cc2)nn1. The molecular weight excluding hydrogens is 340 g/mol. The molecule has 27 heavy (non-hydrogen) atoms. The average Bonchev–Trinajstić information content (AvgIpc) is 2.63. The number of carbonyl (C=O) groups excluding carboxylic acids is 1. The maximum absolute atomic E-state index is 12.1. The summed E-state index contributed by atoms with van der Waals surface area (Å²) in [5.74, 6) is 1.84. The summed E-state index contributed by atoms with van der Waals surface area (Å²) < 4.78 is 5.77. The van der Waals surface area contributed by atoms with Crippen LogP contribution in [-0.2, 0) is 0 Å². The van der Waals surface area contributed by atoms with E-state index in [1.165, 1.54) is 0 Å². The number of benzene rings is 2. The first-order chi connectivity index (χ1) is 12.9. The second kappa shape index (κ2) is 7.86. The third-order valence-electron chi connectivity index (χ3n) is 3.49. The van der Waals surface area contributed by atoms with Crippen LogP contribution in [0.5, 0.6) is 11.5 Å². The Hall–Kier alpha value is -3.41. The van der Waals surface area contributed by atoms with Crippen molar-refractivity contribution in [2.45, 2.75) is 26.3 Å². The van der Waals surface area contributed by atoms with Gasteiger partial charge in [-0.05, 0) is 69.3 Å². The molecule has 0 atom stereocenters. The van der Waals surface area contributed by atoms with Crippen LogP contribution in [0.15, 0.2) is 66.7 Å². The van der Waals surface area contributed by atoms with Crippen molar-refractivity contribution >= 4 is 17.4 Å². The van der Waals surface area contributed by atoms with Gasteiger partial charge in [-0.15, -0.1) is 10.2 Å². The molecule has 2 aromatic carbocycles. The molecule has 0 aliphatic carbocycles. The number of amides is 1. The van der Waals surface area contributed by atoms with Crippen LogP contribution in [0.2, 0.25) is 0 Å². The minimum atomic E-state index is -0.320. The lowest BCUT2D eigenvalue weighted by Crippen LogP contribution is -2.41. The Bertz CT molecular complexity index is 886. The second-order valence-electron chi connectivity index (χ2n) is 7.07. The zero-order valence-corrected chi connectivity index (χ0v) is 15.6. The van der Waals surface area contributed by atoms with Gasteiger partial charge in [0.25, 0.3) is 5.91 Å². The predicted octanol–water partition coefficient (Wildman–Crippen LogP) is 4.54. The third-order valence-corrected chi connectivity index (χ3v) is 3.49. The highest BCUT2D eigenvalue weighted by molar-refractivity contribution is 5.92. The van der Waals surface area contributed by atoms with E-state index < -0.39 is 0 Å². The van der Waals surface area contributed by atoms with Crippen molar-refractivity contribution in [3.05, 3.63) is 72.4 Å². The Balaban J connectivity index is 1.61. The first-order valence-corrected chi connectivity index (χ1v) is 8.65. The van der Waals surface area contributed by atoms with Crippen molar-refractivity contribution in [1.82, 2.24) is 15.5 Å². The van der Waals surface area contributed by atoms with E-state index in [1.54, 1.807) is 12.1 Å². The van der Waals surface area contributed by atoms with Crippen LogP contribution in [0.4, 0.5) is 11.5 Å². The van der Waals surface area contributed by atoms with Crippen molar-refractivity contribution < 1.29 is 9.53 Å². The van der Waals surface area contributed by atoms with Crippen LogP contribution < -0.4 is 15.4 Å². The molecule has 0 spiro atoms. The summed E-state index contributed by atoms with van der Waals surface area (Å²) in [5, 5.41) is 14.0. The maximum Gasteiger partial charge on any atom is 0.272 e. The Kier molecular flexibility index (Phi) is 5.35. The topological polar surface area (TPSA) is 76.1 Å². The first-order valence-electron chi connectivity index (χ1n) is 8.65. The zero-order valence-electron chi connectivity index (χ0n) is 15.6. The van der Waals surface area contributed by atoms with Gasteiger partial charge in [-0.2, -0.15) is 0 Å². The van der Waals surface area contributed by atoms with E-state index in [0.717, 1.165) is 17.2 Å². The van der Waals surface area contributed by atoms with Gasteiger partial charge in [-0.3, -0.25) is 4.79 Å². The van der Waals surface area contributed by atoms with Gasteiger partial charge in [0, 0.05) is 11.2 Å². The normalized spacial score (nSPS) is 10.9. The number of nitrogens with one attached hydrogen (secondary N) is 2. The molecule has 0 unspecified atom stereocenters. The number of nitrogens with zero attached hydrogens (tertiary/aromatic N) is 2. The molecule has 0 bridgehead atoms. The van der Waals surface area contributed by atoms with Gasteiger partial charge >= 0.3 is 0 Å². The molecule has 1 amide bonds. The Morgan fingerprint density at radius 1 is 0.852 bits per heavy atom. The highest BCUT2D eigenvalue weighted by Gasteiger charge is 2.16. The molecule has 0 aliphatic heterocycles. The molecule has 1 aromatic heterocycles. The van der Waals surface area contributed by atoms with E-state index in [9.17, 15) is 4.79 Å². The van der Waals surface area contributed by atoms with Crippen LogP contribution in [-0.4, -0.2) is 21.6 Å². The fraction of sp³-hybridized carbons (Fsp3) is 0.190. The molecule has 0 aliphatic rings. The standard InChI is InChI=1S/C21H22N4O2/c1-21(2,3)23-20(26)18-13-14-19(25-24-18)22-15-9-11-17(12-10-15)27-16-7-5-4-6-8-16/h4-14H,1-3H3,(H,22,25)(H,23,26). The molecule has 3 aromatic rings. The van der Waals surface area contributed by atoms with Gasteiger partial charge in [0.2, 0.25) is 0 Å². The summed E-state index contributed by atoms with van der Waals surface area (Å²) in [6, 6.07) is 20.5. The molecule has 1 heterocycles. The summed E-state index contributed by atoms with van der Waals surface area (Å²) in [5.41, 5.74) is 0.804. The van der Waals surface area contributed by atoms with Crippen molar-refractivity contribution in [2.75, 3.05) is 5.32 Å². The van der Waals surface area contributed by atoms with Gasteiger partial charge < -0.3 is 15.4 Å². The number of carbonyl (C=O) groups is 1. The maximum atomic E-state index is 12.1. The number of rotatable bonds is 5. The van der Waals surface area contributed by atoms with Crippen molar-refractivity contribution in [3.63, 3.8) is 0 Å². The summed E-state index contributed by atoms with van der Waals surface area (Å²) in [6.07, 6.45) is 0. The van der Waals surface area contributed by atoms with Gasteiger partial charge in [0.05, 0.1) is 0 Å². The fourth-order valence-electron chi connectivity index (χ4n) is 2.30. The number of anilines is 2. The van der Waals surface area contributed by atoms with E-state index in [2.05, 4.69) is 20.8 Å². The minimum Gasteiger partial charge on any atom is -0.457 e. The third kappa shape index (κ3) is 5.54. The lowest BCUT2D eigenvalue weighted by atomic mass is 10.1. The molecule has 6 nitrogen and oxygen atoms in total. The van der Waals surface area contributed by atoms with E-state index >= 15 is 0 Å². The summed E-state index contributed by atoms with van der Waals surface area (Å²) in [7, 11) is 0. The highest BCUT2D eigenvalue weighted by Crippen LogP contribution is 2.23. The van der Waals surface area contributed by atoms with E-state index in [1.807, 2.05) is 75.4 Å². The molecule has 0 fully saturated rings. The van der Waals surface area contributed by atoms with Crippen LogP contribution in [0.1, 0.15) is 31.3 Å². The van der Waals surface area contributed by atoms with Gasteiger partial charge in [-0.1, -0.05) is 18.2 Å². The van der Waals surface area contributed by atoms with E-state index in [-0.39, 0.29) is 17.1 Å². The predicted molar refractivity (Wildman–Crippen MR) is 105 cm³/mol. The lowest BCUT2D eigenvalue weighted by molar-refractivity contribution is 0.0913. The molecular formula is C21H22N4O2. The van der Waals surface area contributed by atoms with Gasteiger partial charge in [0.15, 0.2) is 11.5 Å². The molecule has 0 saturated carbocycles. The van der Waals surface area contributed by atoms with E-state index in [0.29, 0.717) is 5.82 Å². The highest BCUT2D eigenvalue weighted by atomic mass is 16.5. The lowest BCUT2D eigenvalue weighted by Gasteiger charge is -2.19. The molecule has 2 N–H and O–H groups in total. The number of hydrogen-bond donors (Lipinski definition) is 2. The molecule has 0 radical (unpaired) electrons. The Morgan fingerprint density at radius 3 is 2.11 bits per heavy atom. The Labute approximate surface area is 158 Å². The number of para-hydroxylation sites is 1.